The van der Waals surface area contributed by atoms with E-state index in [1.807, 2.05) is 6.07 Å². The van der Waals surface area contributed by atoms with Crippen molar-refractivity contribution in [1.82, 2.24) is 9.78 Å². The van der Waals surface area contributed by atoms with E-state index in [2.05, 4.69) is 5.10 Å². The molecule has 0 aliphatic carbocycles. The number of carbonyl (C=O) groups excluding carboxylic acids is 1. The third-order valence-electron chi connectivity index (χ3n) is 3.57. The smallest absolute Gasteiger partial charge is 0.198 e. The Morgan fingerprint density at radius 2 is 2.17 bits per heavy atom. The topological polar surface area (TPSA) is 84.7 Å². The molecular weight excluding hydrogens is 319 g/mol. The van der Waals surface area contributed by atoms with Crippen molar-refractivity contribution >= 4 is 34.0 Å². The van der Waals surface area contributed by atoms with Crippen molar-refractivity contribution in [1.29, 1.82) is 5.26 Å². The predicted octanol–water partition coefficient (Wildman–Crippen LogP) is 3.05. The molecule has 23 heavy (non-hydrogen) atoms. The lowest BCUT2D eigenvalue weighted by Gasteiger charge is -2.10. The Hall–Kier alpha value is -2.91. The molecule has 3 rings (SSSR count). The lowest BCUT2D eigenvalue weighted by molar-refractivity contribution is 0.103. The molecule has 0 amide bonds. The number of fused-ring (bicyclic) bond motifs is 1. The number of nitrogens with two attached hydrogens (primary N) is 1. The Bertz CT molecular complexity index is 1000. The summed E-state index contributed by atoms with van der Waals surface area (Å²) >= 11 is 5.99. The molecule has 7 heteroatoms. The van der Waals surface area contributed by atoms with Crippen molar-refractivity contribution in [3.8, 4) is 6.07 Å². The second kappa shape index (κ2) is 5.38. The van der Waals surface area contributed by atoms with Crippen LogP contribution in [0.5, 0.6) is 0 Å². The van der Waals surface area contributed by atoms with Gasteiger partial charge in [0.25, 0.3) is 0 Å². The average molecular weight is 329 g/mol. The minimum absolute atomic E-state index is 0.00361. The fourth-order valence-electron chi connectivity index (χ4n) is 2.53. The number of anilines is 1. The van der Waals surface area contributed by atoms with Crippen LogP contribution in [0.2, 0.25) is 5.02 Å². The van der Waals surface area contributed by atoms with Gasteiger partial charge >= 0.3 is 0 Å². The van der Waals surface area contributed by atoms with E-state index in [1.165, 1.54) is 10.7 Å². The van der Waals surface area contributed by atoms with Crippen LogP contribution in [0.25, 0.3) is 10.9 Å². The Balaban J connectivity index is 2.33. The number of hydrogen-bond acceptors (Lipinski definition) is 4. The monoisotopic (exact) mass is 328 g/mol. The van der Waals surface area contributed by atoms with Crippen LogP contribution in [0, 0.1) is 17.1 Å². The summed E-state index contributed by atoms with van der Waals surface area (Å²) in [4.78, 5) is 12.8. The quantitative estimate of drug-likeness (QED) is 0.578. The first-order valence-electron chi connectivity index (χ1n) is 6.58. The molecule has 1 heterocycles. The molecule has 0 fully saturated rings. The van der Waals surface area contributed by atoms with Crippen LogP contribution in [0.15, 0.2) is 30.5 Å². The third kappa shape index (κ3) is 2.31. The summed E-state index contributed by atoms with van der Waals surface area (Å²) in [6.07, 6.45) is 1.55. The summed E-state index contributed by atoms with van der Waals surface area (Å²) in [7, 11) is 1.66. The fourth-order valence-corrected chi connectivity index (χ4v) is 2.73. The molecule has 0 aliphatic rings. The van der Waals surface area contributed by atoms with Gasteiger partial charge in [-0.05, 0) is 24.3 Å². The molecule has 0 bridgehead atoms. The zero-order valence-electron chi connectivity index (χ0n) is 12.0. The van der Waals surface area contributed by atoms with Crippen LogP contribution >= 0.6 is 11.6 Å². The van der Waals surface area contributed by atoms with E-state index < -0.39 is 11.6 Å². The number of nitrogens with zero attached hydrogens (tertiary/aromatic N) is 3. The molecular formula is C16H10ClFN4O. The minimum Gasteiger partial charge on any atom is -0.398 e. The Morgan fingerprint density at radius 3 is 2.87 bits per heavy atom. The first-order chi connectivity index (χ1) is 10.9. The lowest BCUT2D eigenvalue weighted by atomic mass is 9.95. The number of halogens is 2. The number of rotatable bonds is 2. The van der Waals surface area contributed by atoms with Gasteiger partial charge in [-0.15, -0.1) is 0 Å². The van der Waals surface area contributed by atoms with Crippen LogP contribution in [-0.4, -0.2) is 15.6 Å². The van der Waals surface area contributed by atoms with Crippen molar-refractivity contribution in [3.05, 3.63) is 58.0 Å². The van der Waals surface area contributed by atoms with Crippen LogP contribution in [0.1, 0.15) is 21.5 Å². The van der Waals surface area contributed by atoms with Gasteiger partial charge in [-0.3, -0.25) is 9.48 Å². The number of hydrogen-bond donors (Lipinski definition) is 1. The molecule has 2 N–H and O–H groups in total. The molecule has 114 valence electrons. The predicted molar refractivity (Wildman–Crippen MR) is 84.7 cm³/mol. The summed E-state index contributed by atoms with van der Waals surface area (Å²) in [5, 5.41) is 14.3. The van der Waals surface area contributed by atoms with Crippen molar-refractivity contribution in [2.24, 2.45) is 7.05 Å². The summed E-state index contributed by atoms with van der Waals surface area (Å²) in [5.74, 6) is -1.21. The first kappa shape index (κ1) is 15.0. The largest absolute Gasteiger partial charge is 0.398 e. The van der Waals surface area contributed by atoms with Crippen LogP contribution < -0.4 is 5.73 Å². The number of carbonyl (C=O) groups is 1. The molecule has 5 nitrogen and oxygen atoms in total. The van der Waals surface area contributed by atoms with E-state index in [0.29, 0.717) is 10.9 Å². The third-order valence-corrected chi connectivity index (χ3v) is 3.90. The lowest BCUT2D eigenvalue weighted by Crippen LogP contribution is -2.10. The average Bonchev–Trinajstić information content (AvgIpc) is 2.88. The summed E-state index contributed by atoms with van der Waals surface area (Å²) in [6, 6.07) is 7.02. The number of ketones is 1. The molecule has 1 aromatic heterocycles. The molecule has 3 aromatic rings. The highest BCUT2D eigenvalue weighted by atomic mass is 35.5. The maximum atomic E-state index is 13.5. The van der Waals surface area contributed by atoms with Gasteiger partial charge in [0.15, 0.2) is 5.78 Å². The Labute approximate surface area is 135 Å². The molecule has 0 atom stereocenters. The maximum absolute atomic E-state index is 13.5. The van der Waals surface area contributed by atoms with E-state index >= 15 is 0 Å². The number of nitrogen functional groups attached to an aromatic ring is 1. The number of aryl methyl sites for hydroxylation is 1. The fraction of sp³-hybridized carbons (Fsp3) is 0.0625. The molecule has 0 saturated heterocycles. The highest BCUT2D eigenvalue weighted by Crippen LogP contribution is 2.30. The molecule has 0 aliphatic heterocycles. The van der Waals surface area contributed by atoms with Gasteiger partial charge in [0, 0.05) is 23.7 Å². The second-order valence-corrected chi connectivity index (χ2v) is 5.39. The van der Waals surface area contributed by atoms with E-state index in [9.17, 15) is 14.4 Å². The van der Waals surface area contributed by atoms with Gasteiger partial charge in [0.2, 0.25) is 0 Å². The summed E-state index contributed by atoms with van der Waals surface area (Å²) in [6.45, 7) is 0. The van der Waals surface area contributed by atoms with Crippen molar-refractivity contribution in [2.45, 2.75) is 0 Å². The highest BCUT2D eigenvalue weighted by Gasteiger charge is 2.23. The van der Waals surface area contributed by atoms with Crippen LogP contribution in [0.4, 0.5) is 10.1 Å². The van der Waals surface area contributed by atoms with Gasteiger partial charge < -0.3 is 5.73 Å². The zero-order chi connectivity index (χ0) is 16.7. The van der Waals surface area contributed by atoms with Gasteiger partial charge in [-0.2, -0.15) is 10.4 Å². The van der Waals surface area contributed by atoms with Crippen LogP contribution in [0.3, 0.4) is 0 Å². The second-order valence-electron chi connectivity index (χ2n) is 4.99. The number of nitriles is 1. The highest BCUT2D eigenvalue weighted by molar-refractivity contribution is 6.35. The molecule has 0 saturated carbocycles. The SMILES string of the molecule is Cn1ncc2cc(N)c(C(=O)c3cc(F)ccc3Cl)c(C#N)c21. The van der Waals surface area contributed by atoms with Gasteiger partial charge in [0.05, 0.1) is 27.9 Å². The minimum atomic E-state index is -0.605. The molecule has 0 spiro atoms. The summed E-state index contributed by atoms with van der Waals surface area (Å²) in [5.41, 5.74) is 6.59. The molecule has 0 radical (unpaired) electrons. The van der Waals surface area contributed by atoms with Gasteiger partial charge in [-0.25, -0.2) is 4.39 Å². The van der Waals surface area contributed by atoms with Crippen molar-refractivity contribution in [3.63, 3.8) is 0 Å². The molecule has 0 unspecified atom stereocenters. The Morgan fingerprint density at radius 1 is 1.43 bits per heavy atom. The van der Waals surface area contributed by atoms with E-state index in [4.69, 9.17) is 17.3 Å². The van der Waals surface area contributed by atoms with Crippen molar-refractivity contribution in [2.75, 3.05) is 5.73 Å². The van der Waals surface area contributed by atoms with Crippen LogP contribution in [-0.2, 0) is 7.05 Å². The van der Waals surface area contributed by atoms with E-state index in [-0.39, 0.29) is 27.4 Å². The normalized spacial score (nSPS) is 10.7. The van der Waals surface area contributed by atoms with E-state index in [0.717, 1.165) is 12.1 Å². The van der Waals surface area contributed by atoms with E-state index in [1.54, 1.807) is 19.3 Å². The summed E-state index contributed by atoms with van der Waals surface area (Å²) < 4.78 is 14.9. The Kier molecular flexibility index (Phi) is 3.51. The molecule has 2 aromatic carbocycles. The zero-order valence-corrected chi connectivity index (χ0v) is 12.7. The van der Waals surface area contributed by atoms with Gasteiger partial charge in [0.1, 0.15) is 11.9 Å². The van der Waals surface area contributed by atoms with Gasteiger partial charge in [-0.1, -0.05) is 11.6 Å². The number of aromatic nitrogens is 2. The maximum Gasteiger partial charge on any atom is 0.198 e. The number of benzene rings is 2. The first-order valence-corrected chi connectivity index (χ1v) is 6.96. The standard InChI is InChI=1S/C16H10ClFN4O/c1-22-15-8(7-21-22)4-13(20)14(11(15)6-19)16(23)10-5-9(18)2-3-12(10)17/h2-5,7H,20H2,1H3. The van der Waals surface area contributed by atoms with Crippen molar-refractivity contribution < 1.29 is 9.18 Å².